The van der Waals surface area contributed by atoms with Crippen LogP contribution in [0.15, 0.2) is 36.4 Å². The molecule has 28 heavy (non-hydrogen) atoms. The second-order valence-electron chi connectivity index (χ2n) is 6.89. The Morgan fingerprint density at radius 1 is 1.00 bits per heavy atom. The summed E-state index contributed by atoms with van der Waals surface area (Å²) in [5.74, 6) is -1.61. The molecule has 0 bridgehead atoms. The van der Waals surface area contributed by atoms with Crippen LogP contribution in [0.1, 0.15) is 41.0 Å². The predicted molar refractivity (Wildman–Crippen MR) is 103 cm³/mol. The van der Waals surface area contributed by atoms with Crippen molar-refractivity contribution in [2.24, 2.45) is 0 Å². The Labute approximate surface area is 168 Å². The number of nitrogens with zero attached hydrogens (tertiary/aromatic N) is 2. The molecule has 146 valence electrons. The van der Waals surface area contributed by atoms with Crippen LogP contribution in [0.2, 0.25) is 0 Å². The van der Waals surface area contributed by atoms with Crippen molar-refractivity contribution in [1.29, 1.82) is 10.5 Å². The Morgan fingerprint density at radius 3 is 2.18 bits per heavy atom. The fourth-order valence-corrected chi connectivity index (χ4v) is 3.69. The average Bonchev–Trinajstić information content (AvgIpc) is 2.68. The molecule has 0 aliphatic carbocycles. The van der Waals surface area contributed by atoms with Gasteiger partial charge in [0.05, 0.1) is 16.7 Å². The third kappa shape index (κ3) is 4.48. The molecule has 2 aromatic carbocycles. The molecule has 0 saturated carbocycles. The van der Waals surface area contributed by atoms with Gasteiger partial charge in [-0.25, -0.2) is 8.78 Å². The van der Waals surface area contributed by atoms with E-state index in [1.807, 2.05) is 12.1 Å². The molecule has 0 amide bonds. The van der Waals surface area contributed by atoms with E-state index < -0.39 is 23.2 Å². The van der Waals surface area contributed by atoms with Gasteiger partial charge in [-0.3, -0.25) is 0 Å². The molecule has 1 fully saturated rings. The van der Waals surface area contributed by atoms with Gasteiger partial charge in [-0.2, -0.15) is 10.5 Å². The van der Waals surface area contributed by atoms with Crippen molar-refractivity contribution in [3.63, 3.8) is 0 Å². The van der Waals surface area contributed by atoms with Gasteiger partial charge in [-0.15, -0.1) is 12.4 Å². The Hall–Kier alpha value is -2.51. The van der Waals surface area contributed by atoms with Gasteiger partial charge in [-0.1, -0.05) is 12.1 Å². The maximum absolute atomic E-state index is 13.8. The number of piperidine rings is 1. The first-order valence-corrected chi connectivity index (χ1v) is 8.78. The molecule has 1 atom stereocenters. The van der Waals surface area contributed by atoms with Crippen LogP contribution >= 0.6 is 12.4 Å². The molecule has 0 spiro atoms. The lowest BCUT2D eigenvalue weighted by atomic mass is 9.73. The minimum atomic E-state index is -1.04. The highest BCUT2D eigenvalue weighted by Crippen LogP contribution is 2.38. The van der Waals surface area contributed by atoms with Crippen LogP contribution in [0.3, 0.4) is 0 Å². The zero-order valence-electron chi connectivity index (χ0n) is 15.1. The predicted octanol–water partition coefficient (Wildman–Crippen LogP) is 3.57. The first kappa shape index (κ1) is 21.8. The van der Waals surface area contributed by atoms with Gasteiger partial charge in [0.25, 0.3) is 0 Å². The van der Waals surface area contributed by atoms with E-state index in [2.05, 4.69) is 5.32 Å². The molecule has 0 radical (unpaired) electrons. The van der Waals surface area contributed by atoms with E-state index in [0.29, 0.717) is 43.5 Å². The summed E-state index contributed by atoms with van der Waals surface area (Å²) in [7, 11) is 0. The Bertz CT molecular complexity index is 930. The number of aliphatic hydroxyl groups is 1. The monoisotopic (exact) mass is 403 g/mol. The molecular formula is C21H20ClF2N3O. The summed E-state index contributed by atoms with van der Waals surface area (Å²) < 4.78 is 27.4. The average molecular weight is 404 g/mol. The summed E-state index contributed by atoms with van der Waals surface area (Å²) in [6, 6.07) is 12.2. The van der Waals surface area contributed by atoms with Gasteiger partial charge in [0.15, 0.2) is 0 Å². The van der Waals surface area contributed by atoms with E-state index in [1.165, 1.54) is 24.3 Å². The SMILES string of the molecule is Cl.N#Cc1cc(CC(c2ccc(F)c(C#N)c2)C2(O)CCNCC2)ccc1F. The molecule has 1 saturated heterocycles. The van der Waals surface area contributed by atoms with Crippen LogP contribution in [0, 0.1) is 34.3 Å². The number of halogens is 3. The minimum Gasteiger partial charge on any atom is -0.389 e. The smallest absolute Gasteiger partial charge is 0.140 e. The van der Waals surface area contributed by atoms with Gasteiger partial charge in [0.1, 0.15) is 23.8 Å². The molecule has 1 heterocycles. The van der Waals surface area contributed by atoms with Crippen molar-refractivity contribution in [3.05, 3.63) is 70.3 Å². The quantitative estimate of drug-likeness (QED) is 0.817. The standard InChI is InChI=1S/C21H19F2N3O.ClH/c22-19-3-1-14(9-16(19)12-24)10-18(21(27)5-7-26-8-6-21)15-2-4-20(23)17(11-15)13-25;/h1-4,9,11,18,26-27H,5-8,10H2;1H. The van der Waals surface area contributed by atoms with Crippen molar-refractivity contribution < 1.29 is 13.9 Å². The van der Waals surface area contributed by atoms with E-state index in [0.717, 1.165) is 0 Å². The van der Waals surface area contributed by atoms with Gasteiger partial charge in [0, 0.05) is 5.92 Å². The summed E-state index contributed by atoms with van der Waals surface area (Å²) in [4.78, 5) is 0. The number of hydrogen-bond donors (Lipinski definition) is 2. The Balaban J connectivity index is 0.00000280. The van der Waals surface area contributed by atoms with E-state index in [9.17, 15) is 13.9 Å². The van der Waals surface area contributed by atoms with E-state index in [-0.39, 0.29) is 23.5 Å². The van der Waals surface area contributed by atoms with Gasteiger partial charge < -0.3 is 10.4 Å². The number of rotatable bonds is 4. The minimum absolute atomic E-state index is 0. The van der Waals surface area contributed by atoms with Crippen LogP contribution in [0.5, 0.6) is 0 Å². The third-order valence-corrected chi connectivity index (χ3v) is 5.22. The van der Waals surface area contributed by atoms with Crippen molar-refractivity contribution in [1.82, 2.24) is 5.32 Å². The van der Waals surface area contributed by atoms with Crippen LogP contribution in [-0.2, 0) is 6.42 Å². The Kier molecular flexibility index (Phi) is 7.10. The van der Waals surface area contributed by atoms with Gasteiger partial charge >= 0.3 is 0 Å². The molecule has 4 nitrogen and oxygen atoms in total. The topological polar surface area (TPSA) is 79.8 Å². The highest BCUT2D eigenvalue weighted by atomic mass is 35.5. The second-order valence-corrected chi connectivity index (χ2v) is 6.89. The van der Waals surface area contributed by atoms with Crippen molar-refractivity contribution in [2.45, 2.75) is 30.8 Å². The number of nitrogens with one attached hydrogen (secondary N) is 1. The summed E-state index contributed by atoms with van der Waals surface area (Å²) >= 11 is 0. The highest BCUT2D eigenvalue weighted by Gasteiger charge is 2.39. The van der Waals surface area contributed by atoms with Crippen molar-refractivity contribution >= 4 is 12.4 Å². The van der Waals surface area contributed by atoms with Crippen molar-refractivity contribution in [2.75, 3.05) is 13.1 Å². The zero-order chi connectivity index (χ0) is 19.4. The second kappa shape index (κ2) is 9.12. The van der Waals surface area contributed by atoms with E-state index >= 15 is 0 Å². The van der Waals surface area contributed by atoms with Crippen molar-refractivity contribution in [3.8, 4) is 12.1 Å². The van der Waals surface area contributed by atoms with Crippen LogP contribution in [-0.4, -0.2) is 23.8 Å². The largest absolute Gasteiger partial charge is 0.389 e. The summed E-state index contributed by atoms with van der Waals surface area (Å²) in [6.07, 6.45) is 1.36. The fraction of sp³-hybridized carbons (Fsp3) is 0.333. The summed E-state index contributed by atoms with van der Waals surface area (Å²) in [6.45, 7) is 1.29. The van der Waals surface area contributed by atoms with E-state index in [1.54, 1.807) is 12.1 Å². The van der Waals surface area contributed by atoms with Gasteiger partial charge in [0.2, 0.25) is 0 Å². The molecule has 1 aliphatic rings. The lowest BCUT2D eigenvalue weighted by Gasteiger charge is -2.40. The lowest BCUT2D eigenvalue weighted by molar-refractivity contribution is -0.0159. The number of hydrogen-bond acceptors (Lipinski definition) is 4. The maximum Gasteiger partial charge on any atom is 0.140 e. The normalized spacial score (nSPS) is 16.3. The summed E-state index contributed by atoms with van der Waals surface area (Å²) in [5.41, 5.74) is 0.178. The first-order valence-electron chi connectivity index (χ1n) is 8.78. The van der Waals surface area contributed by atoms with Crippen LogP contribution in [0.25, 0.3) is 0 Å². The van der Waals surface area contributed by atoms with Crippen LogP contribution in [0.4, 0.5) is 8.78 Å². The Morgan fingerprint density at radius 2 is 1.57 bits per heavy atom. The molecule has 2 aromatic rings. The molecular weight excluding hydrogens is 384 g/mol. The third-order valence-electron chi connectivity index (χ3n) is 5.22. The molecule has 1 unspecified atom stereocenters. The first-order chi connectivity index (χ1) is 13.0. The highest BCUT2D eigenvalue weighted by molar-refractivity contribution is 5.85. The maximum atomic E-state index is 13.8. The van der Waals surface area contributed by atoms with E-state index in [4.69, 9.17) is 10.5 Å². The molecule has 2 N–H and O–H groups in total. The summed E-state index contributed by atoms with van der Waals surface area (Å²) in [5, 5.41) is 32.7. The van der Waals surface area contributed by atoms with Gasteiger partial charge in [-0.05, 0) is 67.7 Å². The van der Waals surface area contributed by atoms with Crippen LogP contribution < -0.4 is 5.32 Å². The number of nitriles is 2. The molecule has 3 rings (SSSR count). The lowest BCUT2D eigenvalue weighted by Crippen LogP contribution is -2.46. The fourth-order valence-electron chi connectivity index (χ4n) is 3.69. The molecule has 0 aromatic heterocycles. The molecule has 1 aliphatic heterocycles. The molecule has 7 heteroatoms. The number of benzene rings is 2. The zero-order valence-corrected chi connectivity index (χ0v) is 15.9.